The van der Waals surface area contributed by atoms with E-state index in [9.17, 15) is 10.1 Å². The van der Waals surface area contributed by atoms with Gasteiger partial charge < -0.3 is 10.7 Å². The van der Waals surface area contributed by atoms with Gasteiger partial charge >= 0.3 is 0 Å². The molecule has 1 aromatic heterocycles. The maximum absolute atomic E-state index is 12.3. The molecule has 0 fully saturated rings. The number of halogens is 1. The van der Waals surface area contributed by atoms with Gasteiger partial charge in [-0.25, -0.2) is 0 Å². The molecule has 3 N–H and O–H groups in total. The summed E-state index contributed by atoms with van der Waals surface area (Å²) in [6.07, 6.45) is 0. The van der Waals surface area contributed by atoms with Crippen LogP contribution in [0.4, 0.5) is 5.69 Å². The summed E-state index contributed by atoms with van der Waals surface area (Å²) < 4.78 is 0. The van der Waals surface area contributed by atoms with Gasteiger partial charge in [0.25, 0.3) is 5.56 Å². The van der Waals surface area contributed by atoms with Gasteiger partial charge in [0, 0.05) is 22.0 Å². The third-order valence-corrected chi connectivity index (χ3v) is 3.74. The van der Waals surface area contributed by atoms with Crippen molar-refractivity contribution in [2.45, 2.75) is 0 Å². The average Bonchev–Trinajstić information content (AvgIpc) is 2.55. The second-order valence-corrected chi connectivity index (χ2v) is 5.48. The van der Waals surface area contributed by atoms with Gasteiger partial charge in [0.05, 0.1) is 0 Å². The summed E-state index contributed by atoms with van der Waals surface area (Å²) in [6, 6.07) is 17.9. The number of nitrogens with one attached hydrogen (secondary N) is 1. The van der Waals surface area contributed by atoms with Gasteiger partial charge in [-0.2, -0.15) is 5.26 Å². The van der Waals surface area contributed by atoms with E-state index >= 15 is 0 Å². The molecule has 0 saturated carbocycles. The third kappa shape index (κ3) is 2.96. The smallest absolute Gasteiger partial charge is 0.266 e. The monoisotopic (exact) mass is 321 g/mol. The van der Waals surface area contributed by atoms with Crippen molar-refractivity contribution in [2.75, 3.05) is 5.73 Å². The number of hydrogen-bond donors (Lipinski definition) is 2. The van der Waals surface area contributed by atoms with E-state index in [1.807, 2.05) is 24.3 Å². The van der Waals surface area contributed by atoms with Crippen molar-refractivity contribution in [1.82, 2.24) is 4.98 Å². The SMILES string of the molecule is N#Cc1c(-c2cccc(Cl)c2)cc(-c2ccc(N)cc2)[nH]c1=O. The fourth-order valence-electron chi connectivity index (χ4n) is 2.37. The summed E-state index contributed by atoms with van der Waals surface area (Å²) >= 11 is 6.02. The lowest BCUT2D eigenvalue weighted by Crippen LogP contribution is -2.12. The second-order valence-electron chi connectivity index (χ2n) is 5.04. The van der Waals surface area contributed by atoms with Crippen LogP contribution in [0.1, 0.15) is 5.56 Å². The Bertz CT molecular complexity index is 969. The maximum Gasteiger partial charge on any atom is 0.266 e. The van der Waals surface area contributed by atoms with Crippen molar-refractivity contribution >= 4 is 17.3 Å². The first-order valence-electron chi connectivity index (χ1n) is 6.88. The van der Waals surface area contributed by atoms with Gasteiger partial charge in [0.2, 0.25) is 0 Å². The number of benzene rings is 2. The molecule has 0 radical (unpaired) electrons. The van der Waals surface area contributed by atoms with Crippen LogP contribution in [0, 0.1) is 11.3 Å². The summed E-state index contributed by atoms with van der Waals surface area (Å²) in [5.41, 5.74) is 8.65. The van der Waals surface area contributed by atoms with Crippen LogP contribution in [-0.2, 0) is 0 Å². The molecule has 0 bridgehead atoms. The number of rotatable bonds is 2. The molecule has 3 rings (SSSR count). The van der Waals surface area contributed by atoms with E-state index in [4.69, 9.17) is 17.3 Å². The van der Waals surface area contributed by atoms with Gasteiger partial charge in [0.1, 0.15) is 11.6 Å². The topological polar surface area (TPSA) is 82.7 Å². The molecule has 0 saturated heterocycles. The average molecular weight is 322 g/mol. The second kappa shape index (κ2) is 5.99. The maximum atomic E-state index is 12.3. The number of aromatic nitrogens is 1. The molecule has 2 aromatic carbocycles. The Morgan fingerprint density at radius 3 is 2.43 bits per heavy atom. The zero-order valence-corrected chi connectivity index (χ0v) is 12.8. The number of aromatic amines is 1. The molecule has 0 aliphatic carbocycles. The summed E-state index contributed by atoms with van der Waals surface area (Å²) in [6.45, 7) is 0. The van der Waals surface area contributed by atoms with Gasteiger partial charge in [-0.15, -0.1) is 0 Å². The lowest BCUT2D eigenvalue weighted by atomic mass is 9.99. The number of anilines is 1. The molecule has 0 spiro atoms. The zero-order chi connectivity index (χ0) is 16.4. The molecule has 0 aliphatic heterocycles. The van der Waals surface area contributed by atoms with Crippen LogP contribution < -0.4 is 11.3 Å². The van der Waals surface area contributed by atoms with Crippen LogP contribution in [-0.4, -0.2) is 4.98 Å². The van der Waals surface area contributed by atoms with Crippen LogP contribution in [0.2, 0.25) is 5.02 Å². The quantitative estimate of drug-likeness (QED) is 0.704. The van der Waals surface area contributed by atoms with Crippen LogP contribution in [0.15, 0.2) is 59.4 Å². The van der Waals surface area contributed by atoms with Gasteiger partial charge in [-0.1, -0.05) is 35.9 Å². The van der Waals surface area contributed by atoms with Crippen LogP contribution in [0.5, 0.6) is 0 Å². The highest BCUT2D eigenvalue weighted by Crippen LogP contribution is 2.28. The molecular formula is C18H12ClN3O. The Morgan fingerprint density at radius 2 is 1.78 bits per heavy atom. The first kappa shape index (κ1) is 14.9. The highest BCUT2D eigenvalue weighted by Gasteiger charge is 2.12. The lowest BCUT2D eigenvalue weighted by Gasteiger charge is -2.08. The van der Waals surface area contributed by atoms with E-state index < -0.39 is 5.56 Å². The van der Waals surface area contributed by atoms with E-state index in [-0.39, 0.29) is 5.56 Å². The third-order valence-electron chi connectivity index (χ3n) is 3.50. The van der Waals surface area contributed by atoms with E-state index in [1.54, 1.807) is 36.4 Å². The molecule has 0 aliphatic rings. The molecule has 0 atom stereocenters. The molecule has 3 aromatic rings. The Balaban J connectivity index is 2.24. The minimum atomic E-state index is -0.434. The molecule has 5 heteroatoms. The fourth-order valence-corrected chi connectivity index (χ4v) is 2.56. The minimum absolute atomic E-state index is 0.0615. The molecule has 112 valence electrons. The van der Waals surface area contributed by atoms with E-state index in [0.29, 0.717) is 22.0 Å². The van der Waals surface area contributed by atoms with E-state index in [2.05, 4.69) is 4.98 Å². The van der Waals surface area contributed by atoms with Crippen LogP contribution >= 0.6 is 11.6 Å². The number of nitrogens with zero attached hydrogens (tertiary/aromatic N) is 1. The van der Waals surface area contributed by atoms with E-state index in [1.165, 1.54) is 0 Å². The fraction of sp³-hybridized carbons (Fsp3) is 0. The van der Waals surface area contributed by atoms with Crippen molar-refractivity contribution in [3.8, 4) is 28.5 Å². The highest BCUT2D eigenvalue weighted by atomic mass is 35.5. The van der Waals surface area contributed by atoms with Crippen molar-refractivity contribution in [3.05, 3.63) is 75.5 Å². The Hall–Kier alpha value is -3.03. The predicted molar refractivity (Wildman–Crippen MR) is 92.1 cm³/mol. The Morgan fingerprint density at radius 1 is 1.04 bits per heavy atom. The van der Waals surface area contributed by atoms with Crippen molar-refractivity contribution < 1.29 is 0 Å². The molecule has 0 unspecified atom stereocenters. The summed E-state index contributed by atoms with van der Waals surface area (Å²) in [5, 5.41) is 9.85. The van der Waals surface area contributed by atoms with E-state index in [0.717, 1.165) is 11.1 Å². The van der Waals surface area contributed by atoms with Crippen LogP contribution in [0.25, 0.3) is 22.4 Å². The molecule has 4 nitrogen and oxygen atoms in total. The zero-order valence-electron chi connectivity index (χ0n) is 12.0. The number of nitrogen functional groups attached to an aromatic ring is 1. The number of nitrogens with two attached hydrogens (primary N) is 1. The Labute approximate surface area is 137 Å². The normalized spacial score (nSPS) is 10.3. The first-order valence-corrected chi connectivity index (χ1v) is 7.25. The predicted octanol–water partition coefficient (Wildman–Crippen LogP) is 3.82. The summed E-state index contributed by atoms with van der Waals surface area (Å²) in [5.74, 6) is 0. The first-order chi connectivity index (χ1) is 11.1. The largest absolute Gasteiger partial charge is 0.399 e. The molecule has 0 amide bonds. The highest BCUT2D eigenvalue weighted by molar-refractivity contribution is 6.30. The number of H-pyrrole nitrogens is 1. The molecule has 23 heavy (non-hydrogen) atoms. The van der Waals surface area contributed by atoms with Gasteiger partial charge in [-0.05, 0) is 41.5 Å². The molecular weight excluding hydrogens is 310 g/mol. The standard InChI is InChI=1S/C18H12ClN3O/c19-13-3-1-2-12(8-13)15-9-17(22-18(23)16(15)10-20)11-4-6-14(21)7-5-11/h1-9H,21H2,(H,22,23). The number of pyridine rings is 1. The summed E-state index contributed by atoms with van der Waals surface area (Å²) in [4.78, 5) is 15.0. The van der Waals surface area contributed by atoms with Crippen molar-refractivity contribution in [3.63, 3.8) is 0 Å². The number of hydrogen-bond acceptors (Lipinski definition) is 3. The Kier molecular flexibility index (Phi) is 3.88. The minimum Gasteiger partial charge on any atom is -0.399 e. The lowest BCUT2D eigenvalue weighted by molar-refractivity contribution is 1.22. The van der Waals surface area contributed by atoms with Gasteiger partial charge in [0.15, 0.2) is 0 Å². The van der Waals surface area contributed by atoms with Crippen LogP contribution in [0.3, 0.4) is 0 Å². The van der Waals surface area contributed by atoms with Gasteiger partial charge in [-0.3, -0.25) is 4.79 Å². The summed E-state index contributed by atoms with van der Waals surface area (Å²) in [7, 11) is 0. The molecule has 1 heterocycles. The van der Waals surface area contributed by atoms with Crippen molar-refractivity contribution in [2.24, 2.45) is 0 Å². The van der Waals surface area contributed by atoms with Crippen molar-refractivity contribution in [1.29, 1.82) is 5.26 Å². The number of nitriles is 1.